The molecule has 2 aromatic rings. The molecule has 0 saturated carbocycles. The number of nitrogens with zero attached hydrogens (tertiary/aromatic N) is 2. The Hall–Kier alpha value is -0.680. The zero-order valence-electron chi connectivity index (χ0n) is 16.5. The van der Waals surface area contributed by atoms with Gasteiger partial charge in [-0.15, -0.1) is 34.0 Å². The van der Waals surface area contributed by atoms with Crippen molar-refractivity contribution in [2.24, 2.45) is 5.92 Å². The lowest BCUT2D eigenvalue weighted by Gasteiger charge is -2.38. The quantitative estimate of drug-likeness (QED) is 0.539. The molecule has 4 heteroatoms. The minimum Gasteiger partial charge on any atom is -0.302 e. The second-order valence-electron chi connectivity index (χ2n) is 8.43. The summed E-state index contributed by atoms with van der Waals surface area (Å²) in [6, 6.07) is 20.5. The van der Waals surface area contributed by atoms with E-state index in [0.29, 0.717) is 5.92 Å². The average molecular weight is 508 g/mol. The van der Waals surface area contributed by atoms with Crippen molar-refractivity contribution in [1.82, 2.24) is 9.80 Å². The lowest BCUT2D eigenvalue weighted by atomic mass is 9.79. The van der Waals surface area contributed by atoms with Gasteiger partial charge in [-0.2, -0.15) is 0 Å². The highest BCUT2D eigenvalue weighted by atomic mass is 79.9. The summed E-state index contributed by atoms with van der Waals surface area (Å²) in [6.07, 6.45) is 4.12. The van der Waals surface area contributed by atoms with Crippen LogP contribution in [-0.4, -0.2) is 49.1 Å². The average Bonchev–Trinajstić information content (AvgIpc) is 3.32. The Labute approximate surface area is 190 Å². The SMILES string of the molecule is Br.Br.c1ccc([C@@H]2c3ccccc3[C@@H]3CCN(CCN4CCCC4)C[C@H]23)cc1. The summed E-state index contributed by atoms with van der Waals surface area (Å²) in [5.41, 5.74) is 4.73. The van der Waals surface area contributed by atoms with Crippen LogP contribution < -0.4 is 0 Å². The summed E-state index contributed by atoms with van der Waals surface area (Å²) in [7, 11) is 0. The van der Waals surface area contributed by atoms with Crippen LogP contribution in [0.15, 0.2) is 54.6 Å². The van der Waals surface area contributed by atoms with Gasteiger partial charge >= 0.3 is 0 Å². The van der Waals surface area contributed by atoms with Gasteiger partial charge in [-0.3, -0.25) is 0 Å². The molecular formula is C24H32Br2N2. The second kappa shape index (κ2) is 9.88. The van der Waals surface area contributed by atoms with E-state index in [1.165, 1.54) is 64.1 Å². The van der Waals surface area contributed by atoms with E-state index in [0.717, 1.165) is 11.8 Å². The fraction of sp³-hybridized carbons (Fsp3) is 0.500. The van der Waals surface area contributed by atoms with Crippen LogP contribution in [0.1, 0.15) is 47.8 Å². The van der Waals surface area contributed by atoms with E-state index in [-0.39, 0.29) is 34.0 Å². The number of halogens is 2. The Bertz CT molecular complexity index is 745. The van der Waals surface area contributed by atoms with Gasteiger partial charge in [0, 0.05) is 25.6 Å². The highest BCUT2D eigenvalue weighted by Gasteiger charge is 2.43. The maximum atomic E-state index is 2.75. The highest BCUT2D eigenvalue weighted by molar-refractivity contribution is 8.93. The molecule has 0 unspecified atom stereocenters. The van der Waals surface area contributed by atoms with Gasteiger partial charge in [-0.05, 0) is 67.4 Å². The molecule has 2 saturated heterocycles. The maximum absolute atomic E-state index is 2.75. The van der Waals surface area contributed by atoms with E-state index in [9.17, 15) is 0 Å². The van der Waals surface area contributed by atoms with Crippen LogP contribution >= 0.6 is 34.0 Å². The van der Waals surface area contributed by atoms with Crippen LogP contribution in [0.25, 0.3) is 0 Å². The Kier molecular flexibility index (Phi) is 7.77. The molecule has 0 spiro atoms. The Morgan fingerprint density at radius 1 is 0.714 bits per heavy atom. The molecule has 0 bridgehead atoms. The van der Waals surface area contributed by atoms with Crippen molar-refractivity contribution in [3.8, 4) is 0 Å². The van der Waals surface area contributed by atoms with Gasteiger partial charge < -0.3 is 9.80 Å². The largest absolute Gasteiger partial charge is 0.302 e. The van der Waals surface area contributed by atoms with Crippen molar-refractivity contribution < 1.29 is 0 Å². The van der Waals surface area contributed by atoms with Gasteiger partial charge in [0.05, 0.1) is 0 Å². The molecule has 0 aromatic heterocycles. The normalized spacial score (nSPS) is 26.8. The first-order valence-corrected chi connectivity index (χ1v) is 10.5. The first kappa shape index (κ1) is 22.0. The van der Waals surface area contributed by atoms with Crippen LogP contribution in [0.3, 0.4) is 0 Å². The standard InChI is InChI=1S/C24H30N2.2BrH/c1-2-8-19(9-3-1)24-22-11-5-4-10-20(22)21-12-15-26(18-23(21)24)17-16-25-13-6-7-14-25;;/h1-5,8-11,21,23-24H,6-7,12-18H2;2*1H/t21-,23-,24+;;/m0../s1. The number of piperidine rings is 1. The topological polar surface area (TPSA) is 6.48 Å². The molecule has 2 nitrogen and oxygen atoms in total. The first-order valence-electron chi connectivity index (χ1n) is 10.5. The Morgan fingerprint density at radius 3 is 2.11 bits per heavy atom. The molecule has 0 amide bonds. The molecule has 1 aliphatic carbocycles. The molecule has 2 fully saturated rings. The molecule has 28 heavy (non-hydrogen) atoms. The Morgan fingerprint density at radius 2 is 1.36 bits per heavy atom. The summed E-state index contributed by atoms with van der Waals surface area (Å²) < 4.78 is 0. The summed E-state index contributed by atoms with van der Waals surface area (Å²) in [4.78, 5) is 5.41. The molecular weight excluding hydrogens is 476 g/mol. The molecule has 0 radical (unpaired) electrons. The fourth-order valence-electron chi connectivity index (χ4n) is 5.72. The molecule has 3 aliphatic rings. The predicted molar refractivity (Wildman–Crippen MR) is 128 cm³/mol. The van der Waals surface area contributed by atoms with Gasteiger partial charge in [-0.25, -0.2) is 0 Å². The van der Waals surface area contributed by atoms with E-state index in [1.807, 2.05) is 0 Å². The lowest BCUT2D eigenvalue weighted by Crippen LogP contribution is -2.43. The highest BCUT2D eigenvalue weighted by Crippen LogP contribution is 2.52. The Balaban J connectivity index is 0.00000112. The maximum Gasteiger partial charge on any atom is 0.0138 e. The van der Waals surface area contributed by atoms with Gasteiger partial charge in [0.15, 0.2) is 0 Å². The van der Waals surface area contributed by atoms with Gasteiger partial charge in [0.2, 0.25) is 0 Å². The number of rotatable bonds is 4. The molecule has 0 N–H and O–H groups in total. The van der Waals surface area contributed by atoms with Crippen molar-refractivity contribution in [3.63, 3.8) is 0 Å². The number of fused-ring (bicyclic) bond motifs is 3. The third-order valence-electron chi connectivity index (χ3n) is 6.99. The van der Waals surface area contributed by atoms with E-state index >= 15 is 0 Å². The van der Waals surface area contributed by atoms with E-state index in [4.69, 9.17) is 0 Å². The van der Waals surface area contributed by atoms with Crippen molar-refractivity contribution >= 4 is 34.0 Å². The minimum atomic E-state index is 0. The van der Waals surface area contributed by atoms with Crippen LogP contribution in [-0.2, 0) is 0 Å². The first-order chi connectivity index (χ1) is 12.9. The summed E-state index contributed by atoms with van der Waals surface area (Å²) >= 11 is 0. The summed E-state index contributed by atoms with van der Waals surface area (Å²) in [5, 5.41) is 0. The van der Waals surface area contributed by atoms with Crippen molar-refractivity contribution in [3.05, 3.63) is 71.3 Å². The fourth-order valence-corrected chi connectivity index (χ4v) is 5.72. The number of hydrogen-bond donors (Lipinski definition) is 0. The van der Waals surface area contributed by atoms with E-state index in [2.05, 4.69) is 64.4 Å². The van der Waals surface area contributed by atoms with Gasteiger partial charge in [0.1, 0.15) is 0 Å². The molecule has 3 atom stereocenters. The van der Waals surface area contributed by atoms with Crippen molar-refractivity contribution in [2.45, 2.75) is 31.1 Å². The van der Waals surface area contributed by atoms with E-state index < -0.39 is 0 Å². The van der Waals surface area contributed by atoms with E-state index in [1.54, 1.807) is 11.1 Å². The molecule has 152 valence electrons. The zero-order valence-corrected chi connectivity index (χ0v) is 19.9. The van der Waals surface area contributed by atoms with Crippen LogP contribution in [0, 0.1) is 5.92 Å². The second-order valence-corrected chi connectivity index (χ2v) is 8.43. The van der Waals surface area contributed by atoms with Crippen molar-refractivity contribution in [1.29, 1.82) is 0 Å². The molecule has 2 heterocycles. The number of likely N-dealkylation sites (tertiary alicyclic amines) is 2. The number of hydrogen-bond acceptors (Lipinski definition) is 2. The van der Waals surface area contributed by atoms with Crippen LogP contribution in [0.5, 0.6) is 0 Å². The third-order valence-corrected chi connectivity index (χ3v) is 6.99. The van der Waals surface area contributed by atoms with Crippen LogP contribution in [0.4, 0.5) is 0 Å². The minimum absolute atomic E-state index is 0. The summed E-state index contributed by atoms with van der Waals surface area (Å²) in [5.74, 6) is 2.06. The predicted octanol–water partition coefficient (Wildman–Crippen LogP) is 5.49. The smallest absolute Gasteiger partial charge is 0.0138 e. The molecule has 2 aliphatic heterocycles. The number of benzene rings is 2. The zero-order chi connectivity index (χ0) is 17.3. The van der Waals surface area contributed by atoms with Crippen molar-refractivity contribution in [2.75, 3.05) is 39.3 Å². The summed E-state index contributed by atoms with van der Waals surface area (Å²) in [6.45, 7) is 7.68. The lowest BCUT2D eigenvalue weighted by molar-refractivity contribution is 0.139. The monoisotopic (exact) mass is 506 g/mol. The molecule has 5 rings (SSSR count). The third kappa shape index (κ3) is 4.26. The molecule has 2 aromatic carbocycles. The van der Waals surface area contributed by atoms with Gasteiger partial charge in [-0.1, -0.05) is 54.6 Å². The van der Waals surface area contributed by atoms with Crippen LogP contribution in [0.2, 0.25) is 0 Å². The van der Waals surface area contributed by atoms with Gasteiger partial charge in [0.25, 0.3) is 0 Å².